The molecule has 0 aliphatic rings. The van der Waals surface area contributed by atoms with Crippen molar-refractivity contribution in [3.05, 3.63) is 58.3 Å². The first-order valence-corrected chi connectivity index (χ1v) is 6.36. The third-order valence-corrected chi connectivity index (χ3v) is 3.47. The lowest BCUT2D eigenvalue weighted by Gasteiger charge is -2.19. The standard InChI is InChI=1S/C14H14BrFN2/c1-18(12-5-3-11(16)4-6-12)9-10-2-7-13(15)14(17)8-10/h2-8H,9,17H2,1H3. The third kappa shape index (κ3) is 3.01. The fourth-order valence-electron chi connectivity index (χ4n) is 1.75. The molecule has 0 aromatic heterocycles. The summed E-state index contributed by atoms with van der Waals surface area (Å²) in [6.45, 7) is 0.725. The van der Waals surface area contributed by atoms with E-state index in [-0.39, 0.29) is 5.82 Å². The summed E-state index contributed by atoms with van der Waals surface area (Å²) >= 11 is 3.37. The highest BCUT2D eigenvalue weighted by atomic mass is 79.9. The fourth-order valence-corrected chi connectivity index (χ4v) is 2.00. The van der Waals surface area contributed by atoms with E-state index in [2.05, 4.69) is 15.9 Å². The van der Waals surface area contributed by atoms with Crippen LogP contribution in [0.4, 0.5) is 15.8 Å². The molecule has 0 heterocycles. The van der Waals surface area contributed by atoms with Crippen LogP contribution in [-0.2, 0) is 6.54 Å². The van der Waals surface area contributed by atoms with Gasteiger partial charge in [0.25, 0.3) is 0 Å². The molecule has 0 saturated heterocycles. The van der Waals surface area contributed by atoms with E-state index in [0.717, 1.165) is 28.0 Å². The van der Waals surface area contributed by atoms with Crippen LogP contribution in [0, 0.1) is 5.82 Å². The lowest BCUT2D eigenvalue weighted by Crippen LogP contribution is -2.16. The molecule has 0 saturated carbocycles. The van der Waals surface area contributed by atoms with Gasteiger partial charge in [0, 0.05) is 29.4 Å². The number of nitrogens with two attached hydrogens (primary N) is 1. The Morgan fingerprint density at radius 3 is 2.44 bits per heavy atom. The smallest absolute Gasteiger partial charge is 0.123 e. The van der Waals surface area contributed by atoms with Gasteiger partial charge in [-0.2, -0.15) is 0 Å². The molecule has 94 valence electrons. The van der Waals surface area contributed by atoms with E-state index in [1.165, 1.54) is 12.1 Å². The summed E-state index contributed by atoms with van der Waals surface area (Å²) in [5.41, 5.74) is 8.65. The van der Waals surface area contributed by atoms with Gasteiger partial charge in [-0.25, -0.2) is 4.39 Å². The lowest BCUT2D eigenvalue weighted by molar-refractivity contribution is 0.627. The maximum Gasteiger partial charge on any atom is 0.123 e. The van der Waals surface area contributed by atoms with Gasteiger partial charge in [-0.3, -0.25) is 0 Å². The lowest BCUT2D eigenvalue weighted by atomic mass is 10.2. The minimum absolute atomic E-state index is 0.222. The normalized spacial score (nSPS) is 10.4. The maximum absolute atomic E-state index is 12.8. The van der Waals surface area contributed by atoms with E-state index in [9.17, 15) is 4.39 Å². The molecule has 2 aromatic rings. The fraction of sp³-hybridized carbons (Fsp3) is 0.143. The van der Waals surface area contributed by atoms with Gasteiger partial charge >= 0.3 is 0 Å². The zero-order valence-corrected chi connectivity index (χ0v) is 11.6. The molecule has 4 heteroatoms. The summed E-state index contributed by atoms with van der Waals surface area (Å²) < 4.78 is 13.7. The minimum atomic E-state index is -0.222. The van der Waals surface area contributed by atoms with Crippen LogP contribution in [-0.4, -0.2) is 7.05 Å². The van der Waals surface area contributed by atoms with Crippen molar-refractivity contribution in [2.24, 2.45) is 0 Å². The van der Waals surface area contributed by atoms with Gasteiger partial charge in [0.1, 0.15) is 5.82 Å². The number of nitrogen functional groups attached to an aromatic ring is 1. The van der Waals surface area contributed by atoms with E-state index in [0.29, 0.717) is 0 Å². The molecule has 0 aliphatic heterocycles. The Hall–Kier alpha value is -1.55. The van der Waals surface area contributed by atoms with Crippen molar-refractivity contribution < 1.29 is 4.39 Å². The second-order valence-electron chi connectivity index (χ2n) is 4.19. The molecule has 0 radical (unpaired) electrons. The highest BCUT2D eigenvalue weighted by molar-refractivity contribution is 9.10. The summed E-state index contributed by atoms with van der Waals surface area (Å²) in [6.07, 6.45) is 0. The highest BCUT2D eigenvalue weighted by Gasteiger charge is 2.04. The monoisotopic (exact) mass is 308 g/mol. The van der Waals surface area contributed by atoms with Crippen molar-refractivity contribution in [1.82, 2.24) is 0 Å². The van der Waals surface area contributed by atoms with Crippen molar-refractivity contribution in [3.63, 3.8) is 0 Å². The van der Waals surface area contributed by atoms with Crippen LogP contribution in [0.1, 0.15) is 5.56 Å². The summed E-state index contributed by atoms with van der Waals surface area (Å²) in [5.74, 6) is -0.222. The number of nitrogens with zero attached hydrogens (tertiary/aromatic N) is 1. The molecule has 0 unspecified atom stereocenters. The second-order valence-corrected chi connectivity index (χ2v) is 5.04. The maximum atomic E-state index is 12.8. The van der Waals surface area contributed by atoms with Crippen LogP contribution in [0.3, 0.4) is 0 Å². The van der Waals surface area contributed by atoms with E-state index in [4.69, 9.17) is 5.73 Å². The van der Waals surface area contributed by atoms with Crippen molar-refractivity contribution in [2.45, 2.75) is 6.54 Å². The Morgan fingerprint density at radius 1 is 1.17 bits per heavy atom. The molecule has 0 aliphatic carbocycles. The number of rotatable bonds is 3. The van der Waals surface area contributed by atoms with Gasteiger partial charge in [-0.1, -0.05) is 6.07 Å². The SMILES string of the molecule is CN(Cc1ccc(Br)c(N)c1)c1ccc(F)cc1. The van der Waals surface area contributed by atoms with Crippen LogP contribution in [0.2, 0.25) is 0 Å². The average Bonchev–Trinajstić information content (AvgIpc) is 2.34. The van der Waals surface area contributed by atoms with E-state index in [1.54, 1.807) is 12.1 Å². The summed E-state index contributed by atoms with van der Waals surface area (Å²) in [4.78, 5) is 2.04. The van der Waals surface area contributed by atoms with Crippen LogP contribution in [0.15, 0.2) is 46.9 Å². The van der Waals surface area contributed by atoms with E-state index < -0.39 is 0 Å². The Bertz CT molecular complexity index is 540. The summed E-state index contributed by atoms with van der Waals surface area (Å²) in [5, 5.41) is 0. The molecular formula is C14H14BrFN2. The zero-order valence-electron chi connectivity index (χ0n) is 10.0. The van der Waals surface area contributed by atoms with Crippen molar-refractivity contribution in [1.29, 1.82) is 0 Å². The quantitative estimate of drug-likeness (QED) is 0.874. The molecule has 0 spiro atoms. The molecule has 18 heavy (non-hydrogen) atoms. The van der Waals surface area contributed by atoms with Crippen molar-refractivity contribution in [2.75, 3.05) is 17.7 Å². The molecule has 2 rings (SSSR count). The Labute approximate surface area is 114 Å². The predicted octanol–water partition coefficient (Wildman–Crippen LogP) is 3.81. The van der Waals surface area contributed by atoms with Gasteiger partial charge in [0.15, 0.2) is 0 Å². The van der Waals surface area contributed by atoms with Gasteiger partial charge in [0.2, 0.25) is 0 Å². The summed E-state index contributed by atoms with van der Waals surface area (Å²) in [6, 6.07) is 12.3. The first-order chi connectivity index (χ1) is 8.56. The van der Waals surface area contributed by atoms with E-state index >= 15 is 0 Å². The number of anilines is 2. The topological polar surface area (TPSA) is 29.3 Å². The molecular weight excluding hydrogens is 295 g/mol. The molecule has 2 N–H and O–H groups in total. The number of halogens is 2. The molecule has 0 fully saturated rings. The number of hydrogen-bond acceptors (Lipinski definition) is 2. The number of hydrogen-bond donors (Lipinski definition) is 1. The largest absolute Gasteiger partial charge is 0.398 e. The molecule has 0 bridgehead atoms. The Kier molecular flexibility index (Phi) is 3.87. The van der Waals surface area contributed by atoms with Gasteiger partial charge in [0.05, 0.1) is 0 Å². The zero-order chi connectivity index (χ0) is 13.1. The summed E-state index contributed by atoms with van der Waals surface area (Å²) in [7, 11) is 1.96. The van der Waals surface area contributed by atoms with Gasteiger partial charge in [-0.15, -0.1) is 0 Å². The minimum Gasteiger partial charge on any atom is -0.398 e. The van der Waals surface area contributed by atoms with Crippen molar-refractivity contribution in [3.8, 4) is 0 Å². The Balaban J connectivity index is 2.13. The van der Waals surface area contributed by atoms with E-state index in [1.807, 2.05) is 30.1 Å². The molecule has 0 amide bonds. The van der Waals surface area contributed by atoms with Gasteiger partial charge in [-0.05, 0) is 57.9 Å². The second kappa shape index (κ2) is 5.40. The average molecular weight is 309 g/mol. The first-order valence-electron chi connectivity index (χ1n) is 5.57. The van der Waals surface area contributed by atoms with Crippen LogP contribution < -0.4 is 10.6 Å². The third-order valence-electron chi connectivity index (χ3n) is 2.75. The Morgan fingerprint density at radius 2 is 1.83 bits per heavy atom. The first kappa shape index (κ1) is 12.9. The number of benzene rings is 2. The van der Waals surface area contributed by atoms with Gasteiger partial charge < -0.3 is 10.6 Å². The van der Waals surface area contributed by atoms with Crippen LogP contribution in [0.5, 0.6) is 0 Å². The highest BCUT2D eigenvalue weighted by Crippen LogP contribution is 2.22. The molecule has 0 atom stereocenters. The van der Waals surface area contributed by atoms with Crippen molar-refractivity contribution >= 4 is 27.3 Å². The molecule has 2 aromatic carbocycles. The predicted molar refractivity (Wildman–Crippen MR) is 77.1 cm³/mol. The van der Waals surface area contributed by atoms with Crippen LogP contribution in [0.25, 0.3) is 0 Å². The molecule has 2 nitrogen and oxygen atoms in total. The van der Waals surface area contributed by atoms with Crippen LogP contribution >= 0.6 is 15.9 Å².